The van der Waals surface area contributed by atoms with Gasteiger partial charge in [-0.05, 0) is 83.9 Å². The summed E-state index contributed by atoms with van der Waals surface area (Å²) in [5.74, 6) is 0. The molecule has 2 heteroatoms. The van der Waals surface area contributed by atoms with Crippen LogP contribution in [0.5, 0.6) is 0 Å². The Balaban J connectivity index is 1.16. The highest BCUT2D eigenvalue weighted by molar-refractivity contribution is 6.25. The summed E-state index contributed by atoms with van der Waals surface area (Å²) in [5.41, 5.74) is 10.6. The Morgan fingerprint density at radius 2 is 0.800 bits per heavy atom. The number of rotatable bonds is 3. The molecule has 0 spiro atoms. The van der Waals surface area contributed by atoms with Crippen LogP contribution in [0, 0.1) is 0 Å². The van der Waals surface area contributed by atoms with E-state index in [1.165, 1.54) is 54.6 Å². The molecule has 232 valence electrons. The first-order chi connectivity index (χ1) is 24.8. The van der Waals surface area contributed by atoms with Gasteiger partial charge in [0.2, 0.25) is 0 Å². The minimum absolute atomic E-state index is 0.792. The Hall–Kier alpha value is -6.64. The average molecular weight is 637 g/mol. The molecule has 0 aliphatic heterocycles. The molecule has 11 aromatic rings. The number of furan rings is 2. The quantitative estimate of drug-likeness (QED) is 0.180. The Labute approximate surface area is 287 Å². The van der Waals surface area contributed by atoms with Gasteiger partial charge in [0.1, 0.15) is 11.2 Å². The molecule has 0 saturated carbocycles. The van der Waals surface area contributed by atoms with Crippen molar-refractivity contribution in [2.75, 3.05) is 0 Å². The van der Waals surface area contributed by atoms with Crippen molar-refractivity contribution in [2.24, 2.45) is 0 Å². The molecule has 0 bridgehead atoms. The van der Waals surface area contributed by atoms with Crippen LogP contribution in [0.2, 0.25) is 0 Å². The third-order valence-electron chi connectivity index (χ3n) is 10.5. The highest BCUT2D eigenvalue weighted by atomic mass is 16.4. The van der Waals surface area contributed by atoms with Crippen molar-refractivity contribution in [3.8, 4) is 33.4 Å². The molecule has 0 fully saturated rings. The first kappa shape index (κ1) is 27.3. The van der Waals surface area contributed by atoms with E-state index in [0.29, 0.717) is 0 Å². The number of benzene rings is 9. The van der Waals surface area contributed by atoms with Crippen molar-refractivity contribution in [3.05, 3.63) is 170 Å². The summed E-state index contributed by atoms with van der Waals surface area (Å²) in [4.78, 5) is 0. The maximum Gasteiger partial charge on any atom is 0.179 e. The summed E-state index contributed by atoms with van der Waals surface area (Å²) >= 11 is 0. The lowest BCUT2D eigenvalue weighted by molar-refractivity contribution is 0.633. The fourth-order valence-electron chi connectivity index (χ4n) is 8.28. The highest BCUT2D eigenvalue weighted by Crippen LogP contribution is 2.47. The minimum Gasteiger partial charge on any atom is -0.452 e. The molecule has 2 heterocycles. The number of fused-ring (bicyclic) bond motifs is 10. The molecular weight excluding hydrogens is 609 g/mol. The zero-order valence-electron chi connectivity index (χ0n) is 27.0. The van der Waals surface area contributed by atoms with Gasteiger partial charge in [0, 0.05) is 21.5 Å². The fourth-order valence-corrected chi connectivity index (χ4v) is 8.28. The molecule has 11 rings (SSSR count). The van der Waals surface area contributed by atoms with Crippen molar-refractivity contribution in [2.45, 2.75) is 0 Å². The third-order valence-corrected chi connectivity index (χ3v) is 10.5. The molecule has 0 aliphatic carbocycles. The Morgan fingerprint density at radius 3 is 1.50 bits per heavy atom. The van der Waals surface area contributed by atoms with E-state index in [2.05, 4.69) is 146 Å². The average Bonchev–Trinajstić information content (AvgIpc) is 3.76. The van der Waals surface area contributed by atoms with Crippen LogP contribution in [-0.2, 0) is 0 Å². The molecule has 9 aromatic carbocycles. The maximum absolute atomic E-state index is 6.53. The zero-order valence-corrected chi connectivity index (χ0v) is 27.0. The largest absolute Gasteiger partial charge is 0.452 e. The molecule has 0 saturated heterocycles. The smallest absolute Gasteiger partial charge is 0.179 e. The van der Waals surface area contributed by atoms with Gasteiger partial charge in [0.05, 0.1) is 0 Å². The number of hydrogen-bond acceptors (Lipinski definition) is 2. The number of hydrogen-bond donors (Lipinski definition) is 0. The molecular formula is C48H28O2. The minimum atomic E-state index is 0.792. The second kappa shape index (κ2) is 10.4. The van der Waals surface area contributed by atoms with E-state index in [-0.39, 0.29) is 0 Å². The van der Waals surface area contributed by atoms with Crippen LogP contribution in [0.1, 0.15) is 0 Å². The topological polar surface area (TPSA) is 26.3 Å². The van der Waals surface area contributed by atoms with Gasteiger partial charge in [-0.25, -0.2) is 0 Å². The Kier molecular flexibility index (Phi) is 5.70. The Morgan fingerprint density at radius 1 is 0.300 bits per heavy atom. The van der Waals surface area contributed by atoms with Crippen molar-refractivity contribution in [1.82, 2.24) is 0 Å². The van der Waals surface area contributed by atoms with Crippen LogP contribution in [-0.4, -0.2) is 0 Å². The summed E-state index contributed by atoms with van der Waals surface area (Å²) in [6.45, 7) is 0. The number of para-hydroxylation sites is 2. The van der Waals surface area contributed by atoms with Gasteiger partial charge in [-0.1, -0.05) is 152 Å². The summed E-state index contributed by atoms with van der Waals surface area (Å²) in [6, 6.07) is 61.0. The molecule has 50 heavy (non-hydrogen) atoms. The third kappa shape index (κ3) is 3.85. The van der Waals surface area contributed by atoms with Crippen LogP contribution < -0.4 is 0 Å². The van der Waals surface area contributed by atoms with Crippen LogP contribution in [0.3, 0.4) is 0 Å². The summed E-state index contributed by atoms with van der Waals surface area (Å²) in [7, 11) is 0. The molecule has 0 N–H and O–H groups in total. The van der Waals surface area contributed by atoms with E-state index >= 15 is 0 Å². The van der Waals surface area contributed by atoms with Gasteiger partial charge in [0.25, 0.3) is 0 Å². The van der Waals surface area contributed by atoms with Crippen molar-refractivity contribution in [3.63, 3.8) is 0 Å². The van der Waals surface area contributed by atoms with E-state index in [0.717, 1.165) is 55.0 Å². The molecule has 0 unspecified atom stereocenters. The SMILES string of the molecule is c1ccc2c(-c3c4ccccc4c(-c4ccc(-c5cc6c7ccccc7oc6c6oc7ccccc7c56)cc4)c4ccccc34)cccc2c1. The Bertz CT molecular complexity index is 3080. The second-order valence-corrected chi connectivity index (χ2v) is 13.1. The van der Waals surface area contributed by atoms with Crippen LogP contribution in [0.4, 0.5) is 0 Å². The molecule has 0 aliphatic rings. The van der Waals surface area contributed by atoms with E-state index in [4.69, 9.17) is 8.83 Å². The molecule has 0 atom stereocenters. The normalized spacial score (nSPS) is 12.0. The van der Waals surface area contributed by atoms with Gasteiger partial charge >= 0.3 is 0 Å². The van der Waals surface area contributed by atoms with Gasteiger partial charge in [0.15, 0.2) is 11.2 Å². The van der Waals surface area contributed by atoms with Crippen molar-refractivity contribution >= 4 is 76.2 Å². The van der Waals surface area contributed by atoms with Gasteiger partial charge in [-0.15, -0.1) is 0 Å². The van der Waals surface area contributed by atoms with Crippen LogP contribution in [0.15, 0.2) is 179 Å². The predicted molar refractivity (Wildman–Crippen MR) is 210 cm³/mol. The summed E-state index contributed by atoms with van der Waals surface area (Å²) < 4.78 is 12.9. The standard InChI is InChI=1S/C48H28O2/c1-2-14-32-29(12-1)13-11-21-34(32)45-37-18-5-3-16-35(37)44(36-17-4-6-19-38(36)45)31-26-24-30(25-27-31)40-28-41-33-15-7-9-22-42(33)49-47(41)48-46(40)39-20-8-10-23-43(39)50-48/h1-28H. The fraction of sp³-hybridized carbons (Fsp3) is 0. The molecule has 0 radical (unpaired) electrons. The monoisotopic (exact) mass is 636 g/mol. The molecule has 2 nitrogen and oxygen atoms in total. The second-order valence-electron chi connectivity index (χ2n) is 13.1. The summed E-state index contributed by atoms with van der Waals surface area (Å²) in [5, 5.41) is 11.8. The maximum atomic E-state index is 6.53. The lowest BCUT2D eigenvalue weighted by Gasteiger charge is -2.19. The van der Waals surface area contributed by atoms with Gasteiger partial charge in [-0.3, -0.25) is 0 Å². The highest BCUT2D eigenvalue weighted by Gasteiger charge is 2.21. The van der Waals surface area contributed by atoms with E-state index in [9.17, 15) is 0 Å². The van der Waals surface area contributed by atoms with E-state index in [1.807, 2.05) is 24.3 Å². The van der Waals surface area contributed by atoms with E-state index < -0.39 is 0 Å². The van der Waals surface area contributed by atoms with Crippen molar-refractivity contribution in [1.29, 1.82) is 0 Å². The lowest BCUT2D eigenvalue weighted by atomic mass is 9.84. The predicted octanol–water partition coefficient (Wildman–Crippen LogP) is 13.9. The first-order valence-electron chi connectivity index (χ1n) is 17.1. The van der Waals surface area contributed by atoms with Crippen LogP contribution >= 0.6 is 0 Å². The van der Waals surface area contributed by atoms with E-state index in [1.54, 1.807) is 0 Å². The van der Waals surface area contributed by atoms with Gasteiger partial charge in [-0.2, -0.15) is 0 Å². The molecule has 2 aromatic heterocycles. The van der Waals surface area contributed by atoms with Crippen LogP contribution in [0.25, 0.3) is 110 Å². The summed E-state index contributed by atoms with van der Waals surface area (Å²) in [6.07, 6.45) is 0. The van der Waals surface area contributed by atoms with Gasteiger partial charge < -0.3 is 8.83 Å². The zero-order chi connectivity index (χ0) is 32.8. The molecule has 0 amide bonds. The van der Waals surface area contributed by atoms with Crippen molar-refractivity contribution < 1.29 is 8.83 Å². The first-order valence-corrected chi connectivity index (χ1v) is 17.1. The lowest BCUT2D eigenvalue weighted by Crippen LogP contribution is -1.91.